The first-order chi connectivity index (χ1) is 19.0. The molecule has 0 saturated carbocycles. The van der Waals surface area contributed by atoms with Crippen LogP contribution in [0.5, 0.6) is 0 Å². The molecule has 1 aromatic rings. The maximum atomic E-state index is 13.8. The fourth-order valence-electron chi connectivity index (χ4n) is 4.34. The summed E-state index contributed by atoms with van der Waals surface area (Å²) in [5.74, 6) is -4.66. The number of benzene rings is 1. The van der Waals surface area contributed by atoms with E-state index in [4.69, 9.17) is 14.2 Å². The largest absolute Gasteiger partial charge is 0.467 e. The number of halogens is 2. The van der Waals surface area contributed by atoms with E-state index in [-0.39, 0.29) is 24.5 Å². The molecule has 1 aliphatic rings. The Morgan fingerprint density at radius 1 is 1.07 bits per heavy atom. The van der Waals surface area contributed by atoms with Crippen molar-refractivity contribution >= 4 is 29.8 Å². The summed E-state index contributed by atoms with van der Waals surface area (Å²) in [5, 5.41) is 4.76. The van der Waals surface area contributed by atoms with Gasteiger partial charge in [0.25, 0.3) is 0 Å². The van der Waals surface area contributed by atoms with Gasteiger partial charge in [0.1, 0.15) is 29.8 Å². The maximum Gasteiger partial charge on any atom is 0.407 e. The molecule has 40 heavy (non-hydrogen) atoms. The van der Waals surface area contributed by atoms with Crippen LogP contribution in [0, 0.1) is 11.6 Å². The molecule has 1 fully saturated rings. The van der Waals surface area contributed by atoms with Crippen molar-refractivity contribution in [3.63, 3.8) is 0 Å². The molecule has 4 atom stereocenters. The summed E-state index contributed by atoms with van der Waals surface area (Å²) in [5.41, 5.74) is 0.0589. The fraction of sp³-hybridized carbons (Fsp3) is 0.593. The van der Waals surface area contributed by atoms with Crippen LogP contribution < -0.4 is 10.6 Å². The third-order valence-corrected chi connectivity index (χ3v) is 6.41. The van der Waals surface area contributed by atoms with Gasteiger partial charge in [-0.3, -0.25) is 9.59 Å². The molecule has 2 rings (SSSR count). The predicted octanol–water partition coefficient (Wildman–Crippen LogP) is 2.39. The molecule has 1 aromatic carbocycles. The van der Waals surface area contributed by atoms with E-state index < -0.39 is 59.8 Å². The highest BCUT2D eigenvalue weighted by molar-refractivity contribution is 5.90. The molecule has 222 valence electrons. The fourth-order valence-corrected chi connectivity index (χ4v) is 4.34. The van der Waals surface area contributed by atoms with E-state index in [1.165, 1.54) is 18.7 Å². The average molecular weight is 570 g/mol. The van der Waals surface area contributed by atoms with Gasteiger partial charge in [0.05, 0.1) is 13.7 Å². The number of amides is 3. The molecule has 0 spiro atoms. The maximum absolute atomic E-state index is 13.8. The Bertz CT molecular complexity index is 1050. The predicted molar refractivity (Wildman–Crippen MR) is 138 cm³/mol. The Labute approximate surface area is 231 Å². The Hall–Kier alpha value is -3.77. The van der Waals surface area contributed by atoms with E-state index in [0.717, 1.165) is 32.1 Å². The summed E-state index contributed by atoms with van der Waals surface area (Å²) in [6.45, 7) is 5.15. The molecule has 3 unspecified atom stereocenters. The molecule has 3 amide bonds. The molecule has 0 aliphatic carbocycles. The zero-order valence-electron chi connectivity index (χ0n) is 23.2. The quantitative estimate of drug-likeness (QED) is 0.210. The average Bonchev–Trinajstić information content (AvgIpc) is 3.39. The molecule has 0 aromatic heterocycles. The van der Waals surface area contributed by atoms with Gasteiger partial charge >= 0.3 is 18.0 Å². The van der Waals surface area contributed by atoms with E-state index in [1.807, 2.05) is 6.92 Å². The van der Waals surface area contributed by atoms with Crippen LogP contribution in [0.3, 0.4) is 0 Å². The van der Waals surface area contributed by atoms with Crippen molar-refractivity contribution in [2.24, 2.45) is 0 Å². The van der Waals surface area contributed by atoms with Crippen LogP contribution in [0.25, 0.3) is 0 Å². The molecule has 1 aliphatic heterocycles. The first-order valence-electron chi connectivity index (χ1n) is 13.2. The number of alkyl carbamates (subject to hydrolysis) is 1. The molecule has 2 N–H and O–H groups in total. The minimum absolute atomic E-state index is 0.0589. The second-order valence-corrected chi connectivity index (χ2v) is 9.54. The van der Waals surface area contributed by atoms with Gasteiger partial charge < -0.3 is 29.7 Å². The number of unbranched alkanes of at least 4 members (excludes halogenated alkanes) is 2. The zero-order chi connectivity index (χ0) is 29.8. The second-order valence-electron chi connectivity index (χ2n) is 9.54. The Kier molecular flexibility index (Phi) is 12.8. The minimum Gasteiger partial charge on any atom is -0.467 e. The SMILES string of the molecule is CCCCCOC(=O)NC(Cc1cc(F)cc(F)c1)C(=O)NC(C(=O)OC)[C@H](C)OC(=O)C1CCCN1C(C)=O. The van der Waals surface area contributed by atoms with Gasteiger partial charge in [0, 0.05) is 26.0 Å². The highest BCUT2D eigenvalue weighted by Gasteiger charge is 2.38. The molecule has 1 saturated heterocycles. The number of hydrogen-bond acceptors (Lipinski definition) is 8. The van der Waals surface area contributed by atoms with Gasteiger partial charge in [-0.2, -0.15) is 0 Å². The van der Waals surface area contributed by atoms with E-state index >= 15 is 0 Å². The highest BCUT2D eigenvalue weighted by atomic mass is 19.1. The van der Waals surface area contributed by atoms with Gasteiger partial charge in [-0.1, -0.05) is 19.8 Å². The first-order valence-corrected chi connectivity index (χ1v) is 13.2. The van der Waals surface area contributed by atoms with Crippen LogP contribution in [0.2, 0.25) is 0 Å². The summed E-state index contributed by atoms with van der Waals surface area (Å²) in [7, 11) is 1.07. The summed E-state index contributed by atoms with van der Waals surface area (Å²) in [6, 6.07) is -1.08. The highest BCUT2D eigenvalue weighted by Crippen LogP contribution is 2.20. The van der Waals surface area contributed by atoms with Gasteiger partial charge in [-0.15, -0.1) is 0 Å². The van der Waals surface area contributed by atoms with Crippen LogP contribution in [0.1, 0.15) is 58.4 Å². The molecule has 0 bridgehead atoms. The van der Waals surface area contributed by atoms with Crippen LogP contribution in [-0.4, -0.2) is 79.2 Å². The molecular weight excluding hydrogens is 532 g/mol. The van der Waals surface area contributed by atoms with E-state index in [1.54, 1.807) is 0 Å². The lowest BCUT2D eigenvalue weighted by molar-refractivity contribution is -0.163. The third kappa shape index (κ3) is 9.76. The van der Waals surface area contributed by atoms with Crippen LogP contribution >= 0.6 is 0 Å². The lowest BCUT2D eigenvalue weighted by Crippen LogP contribution is -2.56. The summed E-state index contributed by atoms with van der Waals surface area (Å²) < 4.78 is 42.9. The lowest BCUT2D eigenvalue weighted by atomic mass is 10.0. The van der Waals surface area contributed by atoms with Crippen molar-refractivity contribution in [2.45, 2.75) is 83.5 Å². The number of nitrogens with one attached hydrogen (secondary N) is 2. The number of methoxy groups -OCH3 is 1. The Balaban J connectivity index is 2.19. The van der Waals surface area contributed by atoms with Gasteiger partial charge in [0.15, 0.2) is 6.04 Å². The monoisotopic (exact) mass is 569 g/mol. The summed E-state index contributed by atoms with van der Waals surface area (Å²) in [6.07, 6.45) is 0.797. The number of nitrogens with zero attached hydrogens (tertiary/aromatic N) is 1. The summed E-state index contributed by atoms with van der Waals surface area (Å²) in [4.78, 5) is 64.2. The molecule has 1 heterocycles. The van der Waals surface area contributed by atoms with E-state index in [2.05, 4.69) is 10.6 Å². The molecular formula is C27H37F2N3O8. The van der Waals surface area contributed by atoms with Crippen LogP contribution in [0.4, 0.5) is 13.6 Å². The number of ether oxygens (including phenoxy) is 3. The molecule has 0 radical (unpaired) electrons. The van der Waals surface area contributed by atoms with E-state index in [0.29, 0.717) is 31.9 Å². The van der Waals surface area contributed by atoms with Crippen molar-refractivity contribution in [3.8, 4) is 0 Å². The topological polar surface area (TPSA) is 140 Å². The summed E-state index contributed by atoms with van der Waals surface area (Å²) >= 11 is 0. The Morgan fingerprint density at radius 2 is 1.75 bits per heavy atom. The Morgan fingerprint density at radius 3 is 2.35 bits per heavy atom. The van der Waals surface area contributed by atoms with Crippen LogP contribution in [0.15, 0.2) is 18.2 Å². The number of esters is 2. The number of rotatable bonds is 13. The smallest absolute Gasteiger partial charge is 0.407 e. The van der Waals surface area contributed by atoms with Crippen LogP contribution in [-0.2, 0) is 39.8 Å². The number of hydrogen-bond donors (Lipinski definition) is 2. The van der Waals surface area contributed by atoms with Crippen molar-refractivity contribution in [3.05, 3.63) is 35.4 Å². The zero-order valence-corrected chi connectivity index (χ0v) is 23.2. The number of carbonyl (C=O) groups excluding carboxylic acids is 5. The first kappa shape index (κ1) is 32.4. The lowest BCUT2D eigenvalue weighted by Gasteiger charge is -2.28. The van der Waals surface area contributed by atoms with Crippen molar-refractivity contribution < 1.29 is 47.0 Å². The van der Waals surface area contributed by atoms with E-state index in [9.17, 15) is 32.8 Å². The van der Waals surface area contributed by atoms with Gasteiger partial charge in [-0.05, 0) is 43.9 Å². The second kappa shape index (κ2) is 15.7. The van der Waals surface area contributed by atoms with Gasteiger partial charge in [-0.25, -0.2) is 23.2 Å². The number of likely N-dealkylation sites (tertiary alicyclic amines) is 1. The standard InChI is InChI=1S/C27H37F2N3O8/c1-5-6-7-11-39-27(37)30-21(14-18-12-19(28)15-20(29)13-18)24(34)31-23(26(36)38-4)16(2)40-25(35)22-9-8-10-32(22)17(3)33/h12-13,15-16,21-23H,5-11,14H2,1-4H3,(H,30,37)(H,31,34)/t16-,21?,22?,23?/m0/s1. The number of carbonyl (C=O) groups is 5. The normalized spacial score (nSPS) is 16.9. The third-order valence-electron chi connectivity index (χ3n) is 6.41. The van der Waals surface area contributed by atoms with Crippen molar-refractivity contribution in [1.82, 2.24) is 15.5 Å². The van der Waals surface area contributed by atoms with Crippen molar-refractivity contribution in [1.29, 1.82) is 0 Å². The molecule has 11 nitrogen and oxygen atoms in total. The van der Waals surface area contributed by atoms with Gasteiger partial charge in [0.2, 0.25) is 11.8 Å². The van der Waals surface area contributed by atoms with Crippen molar-refractivity contribution in [2.75, 3.05) is 20.3 Å². The minimum atomic E-state index is -1.50. The molecule has 13 heteroatoms.